The van der Waals surface area contributed by atoms with Crippen molar-refractivity contribution in [3.8, 4) is 0 Å². The Labute approximate surface area is 131 Å². The number of nitrogens with zero attached hydrogens (tertiary/aromatic N) is 1. The lowest BCUT2D eigenvalue weighted by Gasteiger charge is -2.18. The maximum Gasteiger partial charge on any atom is 0.255 e. The third-order valence-electron chi connectivity index (χ3n) is 2.54. The maximum atomic E-state index is 12.2. The number of amides is 1. The van der Waals surface area contributed by atoms with Crippen molar-refractivity contribution in [3.05, 3.63) is 27.2 Å². The van der Waals surface area contributed by atoms with Gasteiger partial charge in [0.15, 0.2) is 0 Å². The van der Waals surface area contributed by atoms with Gasteiger partial charge in [0.1, 0.15) is 0 Å². The van der Waals surface area contributed by atoms with Gasteiger partial charge >= 0.3 is 0 Å². The van der Waals surface area contributed by atoms with Gasteiger partial charge < -0.3 is 9.64 Å². The number of rotatable bonds is 5. The van der Waals surface area contributed by atoms with Crippen molar-refractivity contribution < 1.29 is 17.9 Å². The van der Waals surface area contributed by atoms with Gasteiger partial charge in [0.2, 0.25) is 10.0 Å². The van der Waals surface area contributed by atoms with Crippen molar-refractivity contribution in [1.82, 2.24) is 4.90 Å². The number of carbonyl (C=O) groups excluding carboxylic acids is 1. The predicted octanol–water partition coefficient (Wildman–Crippen LogP) is 1.47. The van der Waals surface area contributed by atoms with Crippen LogP contribution in [0.1, 0.15) is 10.4 Å². The Morgan fingerprint density at radius 3 is 2.60 bits per heavy atom. The minimum absolute atomic E-state index is 0.0590. The summed E-state index contributed by atoms with van der Waals surface area (Å²) in [5.74, 6) is -0.418. The van der Waals surface area contributed by atoms with Gasteiger partial charge in [-0.3, -0.25) is 4.79 Å². The summed E-state index contributed by atoms with van der Waals surface area (Å²) < 4.78 is 27.9. The van der Waals surface area contributed by atoms with Crippen molar-refractivity contribution >= 4 is 43.5 Å². The van der Waals surface area contributed by atoms with Gasteiger partial charge in [-0.05, 0) is 28.1 Å². The number of primary sulfonamides is 1. The summed E-state index contributed by atoms with van der Waals surface area (Å²) in [4.78, 5) is 13.4. The molecule has 2 N–H and O–H groups in total. The first-order valence-electron chi connectivity index (χ1n) is 5.44. The van der Waals surface area contributed by atoms with Gasteiger partial charge in [0.25, 0.3) is 5.91 Å². The summed E-state index contributed by atoms with van der Waals surface area (Å²) in [6, 6.07) is 2.41. The van der Waals surface area contributed by atoms with Crippen LogP contribution in [0.25, 0.3) is 0 Å². The van der Waals surface area contributed by atoms with Gasteiger partial charge in [-0.1, -0.05) is 11.6 Å². The number of ether oxygens (including phenoxy) is 1. The molecule has 1 aromatic rings. The van der Waals surface area contributed by atoms with E-state index in [1.165, 1.54) is 18.1 Å². The number of halogens is 2. The monoisotopic (exact) mass is 384 g/mol. The smallest absolute Gasteiger partial charge is 0.255 e. The average molecular weight is 386 g/mol. The van der Waals surface area contributed by atoms with E-state index < -0.39 is 15.9 Å². The largest absolute Gasteiger partial charge is 0.383 e. The highest BCUT2D eigenvalue weighted by Gasteiger charge is 2.21. The molecular formula is C11H14BrClN2O4S. The van der Waals surface area contributed by atoms with Crippen LogP contribution in [0.15, 0.2) is 21.5 Å². The van der Waals surface area contributed by atoms with Crippen LogP contribution in [-0.2, 0) is 14.8 Å². The number of methoxy groups -OCH3 is 1. The lowest BCUT2D eigenvalue weighted by atomic mass is 10.2. The van der Waals surface area contributed by atoms with Crippen LogP contribution in [0, 0.1) is 0 Å². The van der Waals surface area contributed by atoms with Crippen LogP contribution in [0.4, 0.5) is 0 Å². The highest BCUT2D eigenvalue weighted by atomic mass is 79.9. The van der Waals surface area contributed by atoms with Crippen molar-refractivity contribution in [2.75, 3.05) is 27.3 Å². The van der Waals surface area contributed by atoms with E-state index in [9.17, 15) is 13.2 Å². The Kier molecular flexibility index (Phi) is 5.96. The van der Waals surface area contributed by atoms with E-state index in [2.05, 4.69) is 15.9 Å². The molecule has 1 rings (SSSR count). The molecule has 0 aliphatic heterocycles. The number of likely N-dealkylation sites (N-methyl/N-ethyl adjacent to an activating group) is 1. The van der Waals surface area contributed by atoms with Gasteiger partial charge in [-0.25, -0.2) is 13.6 Å². The summed E-state index contributed by atoms with van der Waals surface area (Å²) in [5.41, 5.74) is 0.0590. The molecule has 6 nitrogen and oxygen atoms in total. The Hall–Kier alpha value is -0.670. The fourth-order valence-electron chi connectivity index (χ4n) is 1.42. The lowest BCUT2D eigenvalue weighted by Crippen LogP contribution is -2.30. The van der Waals surface area contributed by atoms with E-state index in [0.29, 0.717) is 13.2 Å². The van der Waals surface area contributed by atoms with Crippen molar-refractivity contribution in [2.24, 2.45) is 5.14 Å². The Morgan fingerprint density at radius 2 is 2.10 bits per heavy atom. The molecule has 0 radical (unpaired) electrons. The van der Waals surface area contributed by atoms with E-state index in [1.807, 2.05) is 0 Å². The summed E-state index contributed by atoms with van der Waals surface area (Å²) >= 11 is 9.14. The zero-order chi connectivity index (χ0) is 15.5. The summed E-state index contributed by atoms with van der Waals surface area (Å²) in [6.07, 6.45) is 0. The zero-order valence-corrected chi connectivity index (χ0v) is 14.0. The molecule has 9 heteroatoms. The highest BCUT2D eigenvalue weighted by molar-refractivity contribution is 9.10. The average Bonchev–Trinajstić information content (AvgIpc) is 2.36. The molecule has 0 spiro atoms. The molecule has 0 saturated carbocycles. The highest BCUT2D eigenvalue weighted by Crippen LogP contribution is 2.30. The normalized spacial score (nSPS) is 11.4. The molecule has 0 aliphatic carbocycles. The lowest BCUT2D eigenvalue weighted by molar-refractivity contribution is 0.0744. The van der Waals surface area contributed by atoms with Crippen molar-refractivity contribution in [2.45, 2.75) is 4.90 Å². The van der Waals surface area contributed by atoms with Gasteiger partial charge in [0, 0.05) is 25.2 Å². The molecule has 0 heterocycles. The van der Waals surface area contributed by atoms with Crippen molar-refractivity contribution in [3.63, 3.8) is 0 Å². The Balaban J connectivity index is 3.24. The second-order valence-corrected chi connectivity index (χ2v) is 6.82. The minimum atomic E-state index is -3.92. The molecule has 1 aromatic carbocycles. The standard InChI is InChI=1S/C11H14BrClN2O4S/c1-15(3-4-19-2)11(16)8-5-7(20(14,17)18)6-9(12)10(8)13/h5-6H,3-4H2,1-2H3,(H2,14,17,18). The van der Waals surface area contributed by atoms with Crippen LogP contribution < -0.4 is 5.14 Å². The maximum absolute atomic E-state index is 12.2. The molecular weight excluding hydrogens is 372 g/mol. The van der Waals surface area contributed by atoms with Gasteiger partial charge in [-0.2, -0.15) is 0 Å². The SMILES string of the molecule is COCCN(C)C(=O)c1cc(S(N)(=O)=O)cc(Br)c1Cl. The predicted molar refractivity (Wildman–Crippen MR) is 79.4 cm³/mol. The number of nitrogens with two attached hydrogens (primary N) is 1. The molecule has 0 fully saturated rings. The minimum Gasteiger partial charge on any atom is -0.383 e. The molecule has 0 bridgehead atoms. The Morgan fingerprint density at radius 1 is 1.50 bits per heavy atom. The zero-order valence-electron chi connectivity index (χ0n) is 10.9. The van der Waals surface area contributed by atoms with Crippen LogP contribution in [0.5, 0.6) is 0 Å². The molecule has 0 atom stereocenters. The fourth-order valence-corrected chi connectivity index (χ4v) is 2.79. The molecule has 0 aliphatic rings. The number of carbonyl (C=O) groups is 1. The van der Waals surface area contributed by atoms with E-state index in [1.54, 1.807) is 7.05 Å². The summed E-state index contributed by atoms with van der Waals surface area (Å²) in [7, 11) is -0.843. The summed E-state index contributed by atoms with van der Waals surface area (Å²) in [6.45, 7) is 0.707. The molecule has 0 unspecified atom stereocenters. The number of hydrogen-bond donors (Lipinski definition) is 1. The van der Waals surface area contributed by atoms with Gasteiger partial charge in [0.05, 0.1) is 22.1 Å². The van der Waals surface area contributed by atoms with Gasteiger partial charge in [-0.15, -0.1) is 0 Å². The quantitative estimate of drug-likeness (QED) is 0.831. The third kappa shape index (κ3) is 4.16. The van der Waals surface area contributed by atoms with E-state index in [0.717, 1.165) is 6.07 Å². The third-order valence-corrected chi connectivity index (χ3v) is 4.69. The fraction of sp³-hybridized carbons (Fsp3) is 0.364. The van der Waals surface area contributed by atoms with E-state index >= 15 is 0 Å². The van der Waals surface area contributed by atoms with E-state index in [4.69, 9.17) is 21.5 Å². The molecule has 1 amide bonds. The first kappa shape index (κ1) is 17.4. The van der Waals surface area contributed by atoms with Crippen LogP contribution in [-0.4, -0.2) is 46.5 Å². The van der Waals surface area contributed by atoms with Crippen molar-refractivity contribution in [1.29, 1.82) is 0 Å². The second kappa shape index (κ2) is 6.86. The molecule has 112 valence electrons. The van der Waals surface area contributed by atoms with Crippen LogP contribution in [0.3, 0.4) is 0 Å². The first-order valence-corrected chi connectivity index (χ1v) is 8.16. The number of benzene rings is 1. The molecule has 0 aromatic heterocycles. The van der Waals surface area contributed by atoms with Crippen LogP contribution in [0.2, 0.25) is 5.02 Å². The second-order valence-electron chi connectivity index (χ2n) is 4.03. The molecule has 0 saturated heterocycles. The number of sulfonamides is 1. The van der Waals surface area contributed by atoms with Crippen LogP contribution >= 0.6 is 27.5 Å². The first-order chi connectivity index (χ1) is 9.18. The summed E-state index contributed by atoms with van der Waals surface area (Å²) in [5, 5.41) is 5.20. The molecule has 20 heavy (non-hydrogen) atoms. The topological polar surface area (TPSA) is 89.7 Å². The number of hydrogen-bond acceptors (Lipinski definition) is 4. The van der Waals surface area contributed by atoms with E-state index in [-0.39, 0.29) is 20.0 Å². The Bertz CT molecular complexity index is 621.